The molecule has 0 spiro atoms. The molecule has 100 valence electrons. The molecule has 4 heteroatoms. The van der Waals surface area contributed by atoms with Gasteiger partial charge in [-0.1, -0.05) is 18.2 Å². The van der Waals surface area contributed by atoms with Crippen LogP contribution in [0, 0.1) is 0 Å². The molecule has 1 aliphatic rings. The van der Waals surface area contributed by atoms with Crippen molar-refractivity contribution in [3.05, 3.63) is 36.0 Å². The summed E-state index contributed by atoms with van der Waals surface area (Å²) in [6.45, 7) is 2.25. The first-order valence-corrected chi connectivity index (χ1v) is 6.79. The van der Waals surface area contributed by atoms with Crippen molar-refractivity contribution < 1.29 is 5.11 Å². The topological polar surface area (TPSA) is 62.4 Å². The highest BCUT2D eigenvalue weighted by atomic mass is 16.3. The van der Waals surface area contributed by atoms with Crippen molar-refractivity contribution in [1.29, 1.82) is 0 Å². The summed E-state index contributed by atoms with van der Waals surface area (Å²) in [5.41, 5.74) is 9.13. The fourth-order valence-electron chi connectivity index (χ4n) is 2.78. The average molecular weight is 257 g/mol. The maximum absolute atomic E-state index is 9.65. The third-order valence-electron chi connectivity index (χ3n) is 3.82. The Kier molecular flexibility index (Phi) is 3.36. The molecular weight excluding hydrogens is 238 g/mol. The number of benzene rings is 1. The normalized spacial score (nSPS) is 17.1. The molecule has 3 rings (SSSR count). The van der Waals surface area contributed by atoms with Crippen LogP contribution in [0.15, 0.2) is 30.5 Å². The third kappa shape index (κ3) is 2.29. The van der Waals surface area contributed by atoms with Crippen LogP contribution in [0.5, 0.6) is 0 Å². The number of nitrogens with zero attached hydrogens (tertiary/aromatic N) is 2. The van der Waals surface area contributed by atoms with Gasteiger partial charge in [-0.25, -0.2) is 0 Å². The molecule has 0 amide bonds. The third-order valence-corrected chi connectivity index (χ3v) is 3.82. The van der Waals surface area contributed by atoms with E-state index < -0.39 is 0 Å². The number of para-hydroxylation sites is 1. The Balaban J connectivity index is 2.09. The molecule has 1 aromatic carbocycles. The SMILES string of the molecule is NCc1cnc2ccccc2c1N1CCC(O)CC1. The minimum atomic E-state index is -0.161. The Morgan fingerprint density at radius 3 is 2.74 bits per heavy atom. The van der Waals surface area contributed by atoms with E-state index in [9.17, 15) is 5.11 Å². The standard InChI is InChI=1S/C15H19N3O/c16-9-11-10-17-14-4-2-1-3-13(14)15(11)18-7-5-12(19)6-8-18/h1-4,10,12,19H,5-9,16H2. The molecule has 0 unspecified atom stereocenters. The fraction of sp³-hybridized carbons (Fsp3) is 0.400. The van der Waals surface area contributed by atoms with Crippen molar-refractivity contribution in [2.75, 3.05) is 18.0 Å². The lowest BCUT2D eigenvalue weighted by Gasteiger charge is -2.33. The number of hydrogen-bond acceptors (Lipinski definition) is 4. The van der Waals surface area contributed by atoms with Gasteiger partial charge in [0.15, 0.2) is 0 Å². The van der Waals surface area contributed by atoms with Crippen LogP contribution in [-0.4, -0.2) is 29.3 Å². The molecule has 3 N–H and O–H groups in total. The summed E-state index contributed by atoms with van der Waals surface area (Å²) in [6.07, 6.45) is 3.36. The van der Waals surface area contributed by atoms with Gasteiger partial charge in [0, 0.05) is 36.8 Å². The van der Waals surface area contributed by atoms with Gasteiger partial charge in [-0.15, -0.1) is 0 Å². The molecule has 1 fully saturated rings. The Hall–Kier alpha value is -1.65. The van der Waals surface area contributed by atoms with Gasteiger partial charge in [-0.3, -0.25) is 4.98 Å². The van der Waals surface area contributed by atoms with E-state index in [1.165, 1.54) is 5.69 Å². The molecule has 4 nitrogen and oxygen atoms in total. The smallest absolute Gasteiger partial charge is 0.0723 e. The molecule has 2 heterocycles. The van der Waals surface area contributed by atoms with Crippen LogP contribution in [-0.2, 0) is 6.54 Å². The van der Waals surface area contributed by atoms with Crippen LogP contribution in [0.25, 0.3) is 10.9 Å². The first-order valence-electron chi connectivity index (χ1n) is 6.79. The molecule has 19 heavy (non-hydrogen) atoms. The number of aliphatic hydroxyl groups is 1. The number of hydrogen-bond donors (Lipinski definition) is 2. The molecule has 0 atom stereocenters. The zero-order valence-electron chi connectivity index (χ0n) is 10.9. The van der Waals surface area contributed by atoms with Crippen molar-refractivity contribution in [3.63, 3.8) is 0 Å². The Labute approximate surface area is 112 Å². The summed E-state index contributed by atoms with van der Waals surface area (Å²) in [7, 11) is 0. The van der Waals surface area contributed by atoms with Crippen LogP contribution >= 0.6 is 0 Å². The fourth-order valence-corrected chi connectivity index (χ4v) is 2.78. The summed E-state index contributed by atoms with van der Waals surface area (Å²) in [5.74, 6) is 0. The van der Waals surface area contributed by atoms with E-state index in [1.807, 2.05) is 24.4 Å². The van der Waals surface area contributed by atoms with Gasteiger partial charge in [0.2, 0.25) is 0 Å². The van der Waals surface area contributed by atoms with Crippen LogP contribution in [0.3, 0.4) is 0 Å². The summed E-state index contributed by atoms with van der Waals surface area (Å²) < 4.78 is 0. The molecule has 1 aromatic heterocycles. The molecule has 0 radical (unpaired) electrons. The lowest BCUT2D eigenvalue weighted by molar-refractivity contribution is 0.145. The average Bonchev–Trinajstić information content (AvgIpc) is 2.47. The molecule has 0 bridgehead atoms. The van der Waals surface area contributed by atoms with Crippen LogP contribution in [0.1, 0.15) is 18.4 Å². The second-order valence-corrected chi connectivity index (χ2v) is 5.07. The largest absolute Gasteiger partial charge is 0.393 e. The van der Waals surface area contributed by atoms with E-state index in [2.05, 4.69) is 16.0 Å². The van der Waals surface area contributed by atoms with Gasteiger partial charge in [-0.2, -0.15) is 0 Å². The quantitative estimate of drug-likeness (QED) is 0.859. The second-order valence-electron chi connectivity index (χ2n) is 5.07. The van der Waals surface area contributed by atoms with Crippen LogP contribution in [0.4, 0.5) is 5.69 Å². The van der Waals surface area contributed by atoms with Crippen LogP contribution in [0.2, 0.25) is 0 Å². The zero-order valence-corrected chi connectivity index (χ0v) is 10.9. The predicted molar refractivity (Wildman–Crippen MR) is 77.1 cm³/mol. The van der Waals surface area contributed by atoms with Crippen molar-refractivity contribution >= 4 is 16.6 Å². The highest BCUT2D eigenvalue weighted by Gasteiger charge is 2.21. The summed E-state index contributed by atoms with van der Waals surface area (Å²) in [4.78, 5) is 6.80. The minimum absolute atomic E-state index is 0.161. The van der Waals surface area contributed by atoms with Crippen molar-refractivity contribution in [1.82, 2.24) is 4.98 Å². The molecule has 1 aliphatic heterocycles. The van der Waals surface area contributed by atoms with Crippen molar-refractivity contribution in [3.8, 4) is 0 Å². The van der Waals surface area contributed by atoms with E-state index in [0.29, 0.717) is 6.54 Å². The Morgan fingerprint density at radius 1 is 1.26 bits per heavy atom. The van der Waals surface area contributed by atoms with E-state index >= 15 is 0 Å². The summed E-state index contributed by atoms with van der Waals surface area (Å²) in [6, 6.07) is 8.16. The lowest BCUT2D eigenvalue weighted by atomic mass is 10.0. The van der Waals surface area contributed by atoms with Gasteiger partial charge in [0.1, 0.15) is 0 Å². The van der Waals surface area contributed by atoms with Crippen molar-refractivity contribution in [2.45, 2.75) is 25.5 Å². The number of aliphatic hydroxyl groups excluding tert-OH is 1. The number of fused-ring (bicyclic) bond motifs is 1. The van der Waals surface area contributed by atoms with E-state index in [0.717, 1.165) is 42.4 Å². The van der Waals surface area contributed by atoms with Gasteiger partial charge in [0.05, 0.1) is 17.3 Å². The van der Waals surface area contributed by atoms with E-state index in [4.69, 9.17) is 5.73 Å². The number of rotatable bonds is 2. The Morgan fingerprint density at radius 2 is 2.00 bits per heavy atom. The van der Waals surface area contributed by atoms with Gasteiger partial charge >= 0.3 is 0 Å². The molecular formula is C15H19N3O. The first kappa shape index (κ1) is 12.4. The summed E-state index contributed by atoms with van der Waals surface area (Å²) in [5, 5.41) is 10.8. The van der Waals surface area contributed by atoms with Crippen LogP contribution < -0.4 is 10.6 Å². The van der Waals surface area contributed by atoms with Gasteiger partial charge < -0.3 is 15.7 Å². The number of anilines is 1. The maximum atomic E-state index is 9.65. The molecule has 0 aliphatic carbocycles. The molecule has 2 aromatic rings. The number of nitrogens with two attached hydrogens (primary N) is 1. The van der Waals surface area contributed by atoms with Gasteiger partial charge in [-0.05, 0) is 18.9 Å². The summed E-state index contributed by atoms with van der Waals surface area (Å²) >= 11 is 0. The Bertz CT molecular complexity index is 577. The lowest BCUT2D eigenvalue weighted by Crippen LogP contribution is -2.36. The van der Waals surface area contributed by atoms with E-state index in [-0.39, 0.29) is 6.10 Å². The predicted octanol–water partition coefficient (Wildman–Crippen LogP) is 1.65. The second kappa shape index (κ2) is 5.15. The maximum Gasteiger partial charge on any atom is 0.0723 e. The van der Waals surface area contributed by atoms with Crippen molar-refractivity contribution in [2.24, 2.45) is 5.73 Å². The zero-order chi connectivity index (χ0) is 13.2. The number of piperidine rings is 1. The minimum Gasteiger partial charge on any atom is -0.393 e. The first-order chi connectivity index (χ1) is 9.29. The van der Waals surface area contributed by atoms with Gasteiger partial charge in [0.25, 0.3) is 0 Å². The number of pyridine rings is 1. The molecule has 0 saturated carbocycles. The van der Waals surface area contributed by atoms with E-state index in [1.54, 1.807) is 0 Å². The number of aromatic nitrogens is 1. The highest BCUT2D eigenvalue weighted by Crippen LogP contribution is 2.31. The molecule has 1 saturated heterocycles. The highest BCUT2D eigenvalue weighted by molar-refractivity contribution is 5.93. The monoisotopic (exact) mass is 257 g/mol.